The Morgan fingerprint density at radius 1 is 0.800 bits per heavy atom. The molecule has 0 heterocycles. The van der Waals surface area contributed by atoms with Gasteiger partial charge in [-0.25, -0.2) is 0 Å². The summed E-state index contributed by atoms with van der Waals surface area (Å²) < 4.78 is 23.0. The summed E-state index contributed by atoms with van der Waals surface area (Å²) in [5.41, 5.74) is 0. The van der Waals surface area contributed by atoms with Gasteiger partial charge in [0.1, 0.15) is 0 Å². The molecule has 0 N–H and O–H groups in total. The Bertz CT molecular complexity index is 200. The highest BCUT2D eigenvalue weighted by Crippen LogP contribution is 2.18. The van der Waals surface area contributed by atoms with Gasteiger partial charge >= 0.3 is 8.80 Å². The van der Waals surface area contributed by atoms with E-state index in [9.17, 15) is 0 Å². The molecule has 0 rings (SSSR count). The first kappa shape index (κ1) is 20.0. The SMILES string of the molecule is CCO[Si](CCCOCCCN(C)C)(OCC)OCC. The molecule has 0 saturated heterocycles. The Hall–Kier alpha value is 0.0169. The Kier molecular flexibility index (Phi) is 12.7. The molecule has 0 fully saturated rings. The molecule has 0 aromatic carbocycles. The summed E-state index contributed by atoms with van der Waals surface area (Å²) >= 11 is 0. The summed E-state index contributed by atoms with van der Waals surface area (Å²) in [7, 11) is 1.68. The monoisotopic (exact) mass is 307 g/mol. The van der Waals surface area contributed by atoms with Crippen LogP contribution in [0.15, 0.2) is 0 Å². The molecule has 122 valence electrons. The quantitative estimate of drug-likeness (QED) is 0.364. The molecule has 6 heteroatoms. The summed E-state index contributed by atoms with van der Waals surface area (Å²) in [6, 6.07) is 0.830. The number of ether oxygens (including phenoxy) is 1. The van der Waals surface area contributed by atoms with Crippen molar-refractivity contribution < 1.29 is 18.0 Å². The van der Waals surface area contributed by atoms with E-state index in [4.69, 9.17) is 18.0 Å². The topological polar surface area (TPSA) is 40.2 Å². The molecule has 0 saturated carbocycles. The maximum atomic E-state index is 5.80. The van der Waals surface area contributed by atoms with Crippen LogP contribution in [-0.2, 0) is 18.0 Å². The van der Waals surface area contributed by atoms with Crippen LogP contribution >= 0.6 is 0 Å². The summed E-state index contributed by atoms with van der Waals surface area (Å²) in [6.45, 7) is 10.5. The van der Waals surface area contributed by atoms with E-state index in [2.05, 4.69) is 19.0 Å². The molecule has 0 bridgehead atoms. The van der Waals surface area contributed by atoms with Crippen molar-refractivity contribution in [3.8, 4) is 0 Å². The molecule has 0 atom stereocenters. The maximum absolute atomic E-state index is 5.80. The Morgan fingerprint density at radius 3 is 1.75 bits per heavy atom. The first-order valence-electron chi connectivity index (χ1n) is 7.74. The van der Waals surface area contributed by atoms with Crippen molar-refractivity contribution in [3.05, 3.63) is 0 Å². The van der Waals surface area contributed by atoms with Gasteiger partial charge < -0.3 is 22.9 Å². The zero-order valence-corrected chi connectivity index (χ0v) is 14.9. The highest BCUT2D eigenvalue weighted by atomic mass is 28.4. The van der Waals surface area contributed by atoms with Gasteiger partial charge in [-0.2, -0.15) is 0 Å². The average molecular weight is 308 g/mol. The predicted octanol–water partition coefficient (Wildman–Crippen LogP) is 2.39. The van der Waals surface area contributed by atoms with Gasteiger partial charge in [-0.15, -0.1) is 0 Å². The fourth-order valence-electron chi connectivity index (χ4n) is 1.98. The van der Waals surface area contributed by atoms with Crippen molar-refractivity contribution in [2.24, 2.45) is 0 Å². The first-order valence-corrected chi connectivity index (χ1v) is 9.67. The molecule has 0 radical (unpaired) electrons. The third kappa shape index (κ3) is 9.85. The largest absolute Gasteiger partial charge is 0.501 e. The van der Waals surface area contributed by atoms with Gasteiger partial charge in [-0.1, -0.05) is 0 Å². The molecular formula is C14H33NO4Si. The average Bonchev–Trinajstić information content (AvgIpc) is 2.38. The van der Waals surface area contributed by atoms with Crippen LogP contribution in [0.2, 0.25) is 6.04 Å². The van der Waals surface area contributed by atoms with Crippen LogP contribution in [0, 0.1) is 0 Å². The van der Waals surface area contributed by atoms with Crippen LogP contribution in [0.3, 0.4) is 0 Å². The lowest BCUT2D eigenvalue weighted by atomic mass is 10.4. The van der Waals surface area contributed by atoms with Crippen LogP contribution in [0.4, 0.5) is 0 Å². The number of rotatable bonds is 14. The zero-order chi connectivity index (χ0) is 15.3. The lowest BCUT2D eigenvalue weighted by Crippen LogP contribution is -2.46. The van der Waals surface area contributed by atoms with Crippen LogP contribution < -0.4 is 0 Å². The summed E-state index contributed by atoms with van der Waals surface area (Å²) in [5, 5.41) is 0. The van der Waals surface area contributed by atoms with E-state index < -0.39 is 8.80 Å². The van der Waals surface area contributed by atoms with E-state index in [1.165, 1.54) is 0 Å². The number of nitrogens with zero attached hydrogens (tertiary/aromatic N) is 1. The fourth-order valence-corrected chi connectivity index (χ4v) is 4.56. The molecule has 0 unspecified atom stereocenters. The normalized spacial score (nSPS) is 12.3. The minimum Gasteiger partial charge on any atom is -0.381 e. The lowest BCUT2D eigenvalue weighted by Gasteiger charge is -2.28. The van der Waals surface area contributed by atoms with Crippen molar-refractivity contribution in [2.45, 2.75) is 39.7 Å². The summed E-state index contributed by atoms with van der Waals surface area (Å²) in [6.07, 6.45) is 1.99. The highest BCUT2D eigenvalue weighted by molar-refractivity contribution is 6.60. The van der Waals surface area contributed by atoms with Crippen molar-refractivity contribution in [1.82, 2.24) is 4.90 Å². The van der Waals surface area contributed by atoms with Gasteiger partial charge in [-0.05, 0) is 54.3 Å². The van der Waals surface area contributed by atoms with E-state index in [0.29, 0.717) is 19.8 Å². The molecule has 5 nitrogen and oxygen atoms in total. The van der Waals surface area contributed by atoms with Crippen molar-refractivity contribution in [3.63, 3.8) is 0 Å². The Balaban J connectivity index is 3.88. The summed E-state index contributed by atoms with van der Waals surface area (Å²) in [4.78, 5) is 2.17. The second-order valence-corrected chi connectivity index (χ2v) is 7.59. The van der Waals surface area contributed by atoms with Crippen molar-refractivity contribution in [1.29, 1.82) is 0 Å². The molecule has 0 amide bonds. The molecule has 0 aliphatic rings. The van der Waals surface area contributed by atoms with Gasteiger partial charge in [0.2, 0.25) is 0 Å². The summed E-state index contributed by atoms with van der Waals surface area (Å²) in [5.74, 6) is 0. The molecule has 0 spiro atoms. The fraction of sp³-hybridized carbons (Fsp3) is 1.00. The standard InChI is InChI=1S/C14H33NO4Si/c1-6-17-20(18-7-2,19-8-3)14-10-13-16-12-9-11-15(4)5/h6-14H2,1-5H3. The van der Waals surface area contributed by atoms with Crippen LogP contribution in [0.5, 0.6) is 0 Å². The molecular weight excluding hydrogens is 274 g/mol. The predicted molar refractivity (Wildman–Crippen MR) is 84.0 cm³/mol. The third-order valence-electron chi connectivity index (χ3n) is 2.76. The van der Waals surface area contributed by atoms with E-state index in [1.54, 1.807) is 0 Å². The second-order valence-electron chi connectivity index (χ2n) is 4.85. The van der Waals surface area contributed by atoms with Crippen LogP contribution in [-0.4, -0.2) is 67.4 Å². The number of hydrogen-bond acceptors (Lipinski definition) is 5. The molecule has 0 aliphatic heterocycles. The second kappa shape index (κ2) is 12.7. The van der Waals surface area contributed by atoms with Gasteiger partial charge in [-0.3, -0.25) is 0 Å². The van der Waals surface area contributed by atoms with Gasteiger partial charge in [0.05, 0.1) is 0 Å². The van der Waals surface area contributed by atoms with Gasteiger partial charge in [0.25, 0.3) is 0 Å². The zero-order valence-electron chi connectivity index (χ0n) is 13.9. The molecule has 0 aromatic rings. The van der Waals surface area contributed by atoms with Gasteiger partial charge in [0.15, 0.2) is 0 Å². The number of hydrogen-bond donors (Lipinski definition) is 0. The van der Waals surface area contributed by atoms with E-state index in [-0.39, 0.29) is 0 Å². The lowest BCUT2D eigenvalue weighted by molar-refractivity contribution is 0.0655. The van der Waals surface area contributed by atoms with E-state index >= 15 is 0 Å². The minimum absolute atomic E-state index is 0.635. The van der Waals surface area contributed by atoms with E-state index in [1.807, 2.05) is 20.8 Å². The molecule has 20 heavy (non-hydrogen) atoms. The first-order chi connectivity index (χ1) is 9.60. The van der Waals surface area contributed by atoms with Crippen molar-refractivity contribution in [2.75, 3.05) is 53.7 Å². The maximum Gasteiger partial charge on any atom is 0.501 e. The smallest absolute Gasteiger partial charge is 0.381 e. The third-order valence-corrected chi connectivity index (χ3v) is 5.91. The minimum atomic E-state index is -2.47. The Labute approximate surface area is 125 Å². The Morgan fingerprint density at radius 2 is 1.30 bits per heavy atom. The molecule has 0 aliphatic carbocycles. The molecule has 0 aromatic heterocycles. The van der Waals surface area contributed by atoms with Crippen LogP contribution in [0.1, 0.15) is 33.6 Å². The van der Waals surface area contributed by atoms with Crippen molar-refractivity contribution >= 4 is 8.80 Å². The van der Waals surface area contributed by atoms with Crippen LogP contribution in [0.25, 0.3) is 0 Å². The highest BCUT2D eigenvalue weighted by Gasteiger charge is 2.39. The van der Waals surface area contributed by atoms with Gasteiger partial charge in [0, 0.05) is 39.1 Å². The van der Waals surface area contributed by atoms with E-state index in [0.717, 1.165) is 38.6 Å².